The molecule has 22 heavy (non-hydrogen) atoms. The number of hydrogen-bond acceptors (Lipinski definition) is 4. The Bertz CT molecular complexity index is 724. The number of pyridine rings is 1. The van der Waals surface area contributed by atoms with Crippen molar-refractivity contribution in [2.45, 2.75) is 0 Å². The number of benzene rings is 1. The number of methoxy groups -OCH3 is 1. The van der Waals surface area contributed by atoms with Crippen molar-refractivity contribution < 1.29 is 27.4 Å². The summed E-state index contributed by atoms with van der Waals surface area (Å²) >= 11 is 0. The fraction of sp³-hybridized carbons (Fsp3) is 0.0667. The van der Waals surface area contributed by atoms with Crippen molar-refractivity contribution in [1.29, 1.82) is 0 Å². The molecule has 0 saturated carbocycles. The molecule has 0 aliphatic heterocycles. The van der Waals surface area contributed by atoms with Crippen molar-refractivity contribution in [2.75, 3.05) is 7.11 Å². The molecule has 0 fully saturated rings. The standard InChI is InChI=1S/C15H10F3NO3/c1-3-8-4-5-19-14(12(8)15(20)21-2)22-13-10(17)6-9(16)7-11(13)18/h3-7H,1H2,2H3. The van der Waals surface area contributed by atoms with Crippen LogP contribution in [0.3, 0.4) is 0 Å². The van der Waals surface area contributed by atoms with E-state index in [2.05, 4.69) is 16.3 Å². The van der Waals surface area contributed by atoms with Crippen molar-refractivity contribution >= 4 is 12.0 Å². The third-order valence-corrected chi connectivity index (χ3v) is 2.72. The predicted molar refractivity (Wildman–Crippen MR) is 72.1 cm³/mol. The van der Waals surface area contributed by atoms with Crippen LogP contribution in [0, 0.1) is 17.5 Å². The largest absolute Gasteiger partial charge is 0.465 e. The molecule has 0 saturated heterocycles. The Labute approximate surface area is 123 Å². The number of carbonyl (C=O) groups is 1. The van der Waals surface area contributed by atoms with Crippen molar-refractivity contribution in [3.8, 4) is 11.6 Å². The lowest BCUT2D eigenvalue weighted by Crippen LogP contribution is -2.08. The van der Waals surface area contributed by atoms with Gasteiger partial charge in [-0.05, 0) is 11.6 Å². The number of carbonyl (C=O) groups excluding carboxylic acids is 1. The van der Waals surface area contributed by atoms with Gasteiger partial charge in [-0.3, -0.25) is 0 Å². The number of esters is 1. The van der Waals surface area contributed by atoms with E-state index in [1.807, 2.05) is 0 Å². The monoisotopic (exact) mass is 309 g/mol. The Hall–Kier alpha value is -2.83. The molecule has 4 nitrogen and oxygen atoms in total. The van der Waals surface area contributed by atoms with Crippen molar-refractivity contribution in [3.05, 3.63) is 59.6 Å². The number of rotatable bonds is 4. The predicted octanol–water partition coefficient (Wildman–Crippen LogP) is 3.72. The van der Waals surface area contributed by atoms with Gasteiger partial charge < -0.3 is 9.47 Å². The summed E-state index contributed by atoms with van der Waals surface area (Å²) in [5, 5.41) is 0. The first-order valence-electron chi connectivity index (χ1n) is 6.00. The van der Waals surface area contributed by atoms with E-state index in [9.17, 15) is 18.0 Å². The topological polar surface area (TPSA) is 48.4 Å². The van der Waals surface area contributed by atoms with Crippen LogP contribution in [0.25, 0.3) is 6.08 Å². The summed E-state index contributed by atoms with van der Waals surface area (Å²) in [6.07, 6.45) is 2.59. The third-order valence-electron chi connectivity index (χ3n) is 2.72. The number of ether oxygens (including phenoxy) is 2. The van der Waals surface area contributed by atoms with Crippen LogP contribution in [-0.2, 0) is 4.74 Å². The van der Waals surface area contributed by atoms with E-state index in [0.29, 0.717) is 17.7 Å². The highest BCUT2D eigenvalue weighted by Gasteiger charge is 2.22. The average molecular weight is 309 g/mol. The van der Waals surface area contributed by atoms with Gasteiger partial charge in [0.25, 0.3) is 0 Å². The van der Waals surface area contributed by atoms with Gasteiger partial charge in [0, 0.05) is 18.3 Å². The molecular formula is C15H10F3NO3. The van der Waals surface area contributed by atoms with Crippen LogP contribution in [0.5, 0.6) is 11.6 Å². The van der Waals surface area contributed by atoms with Gasteiger partial charge in [0.05, 0.1) is 7.11 Å². The maximum Gasteiger partial charge on any atom is 0.344 e. The molecule has 2 rings (SSSR count). The minimum absolute atomic E-state index is 0.150. The summed E-state index contributed by atoms with van der Waals surface area (Å²) in [5.41, 5.74) is 0.155. The first-order valence-corrected chi connectivity index (χ1v) is 6.00. The van der Waals surface area contributed by atoms with Crippen LogP contribution in [0.1, 0.15) is 15.9 Å². The van der Waals surface area contributed by atoms with Gasteiger partial charge in [-0.1, -0.05) is 12.7 Å². The van der Waals surface area contributed by atoms with E-state index in [1.165, 1.54) is 18.3 Å². The Morgan fingerprint density at radius 1 is 1.27 bits per heavy atom. The number of aromatic nitrogens is 1. The lowest BCUT2D eigenvalue weighted by molar-refractivity contribution is 0.0596. The molecule has 0 atom stereocenters. The van der Waals surface area contributed by atoms with E-state index in [0.717, 1.165) is 7.11 Å². The molecule has 0 spiro atoms. The highest BCUT2D eigenvalue weighted by Crippen LogP contribution is 2.31. The summed E-state index contributed by atoms with van der Waals surface area (Å²) < 4.78 is 49.7. The molecule has 1 heterocycles. The molecule has 2 aromatic rings. The second-order valence-electron chi connectivity index (χ2n) is 4.08. The molecule has 0 bridgehead atoms. The maximum absolute atomic E-state index is 13.6. The Kier molecular flexibility index (Phi) is 4.45. The molecular weight excluding hydrogens is 299 g/mol. The van der Waals surface area contributed by atoms with Gasteiger partial charge in [0.1, 0.15) is 11.4 Å². The average Bonchev–Trinajstić information content (AvgIpc) is 2.49. The number of halogens is 3. The van der Waals surface area contributed by atoms with Gasteiger partial charge >= 0.3 is 5.97 Å². The molecule has 7 heteroatoms. The molecule has 0 aliphatic rings. The quantitative estimate of drug-likeness (QED) is 0.808. The highest BCUT2D eigenvalue weighted by atomic mass is 19.1. The van der Waals surface area contributed by atoms with E-state index in [-0.39, 0.29) is 11.4 Å². The fourth-order valence-electron chi connectivity index (χ4n) is 1.73. The zero-order valence-corrected chi connectivity index (χ0v) is 11.4. The molecule has 114 valence electrons. The zero-order chi connectivity index (χ0) is 16.3. The molecule has 0 unspecified atom stereocenters. The minimum Gasteiger partial charge on any atom is -0.465 e. The summed E-state index contributed by atoms with van der Waals surface area (Å²) in [6.45, 7) is 3.51. The molecule has 0 aliphatic carbocycles. The summed E-state index contributed by atoms with van der Waals surface area (Å²) in [7, 11) is 1.13. The molecule has 1 aromatic carbocycles. The maximum atomic E-state index is 13.6. The van der Waals surface area contributed by atoms with Crippen molar-refractivity contribution in [2.24, 2.45) is 0 Å². The summed E-state index contributed by atoms with van der Waals surface area (Å²) in [6, 6.07) is 2.35. The van der Waals surface area contributed by atoms with Gasteiger partial charge in [0.2, 0.25) is 11.6 Å². The molecule has 0 N–H and O–H groups in total. The second-order valence-corrected chi connectivity index (χ2v) is 4.08. The van der Waals surface area contributed by atoms with E-state index in [4.69, 9.17) is 4.74 Å². The summed E-state index contributed by atoms with van der Waals surface area (Å²) in [4.78, 5) is 15.5. The van der Waals surface area contributed by atoms with Crippen LogP contribution < -0.4 is 4.74 Å². The van der Waals surface area contributed by atoms with E-state index >= 15 is 0 Å². The first-order chi connectivity index (χ1) is 10.5. The van der Waals surface area contributed by atoms with Crippen LogP contribution in [0.15, 0.2) is 31.0 Å². The van der Waals surface area contributed by atoms with Crippen molar-refractivity contribution in [3.63, 3.8) is 0 Å². The van der Waals surface area contributed by atoms with E-state index in [1.54, 1.807) is 0 Å². The lowest BCUT2D eigenvalue weighted by atomic mass is 10.1. The van der Waals surface area contributed by atoms with Crippen LogP contribution in [0.2, 0.25) is 0 Å². The molecule has 0 amide bonds. The van der Waals surface area contributed by atoms with Gasteiger partial charge in [-0.15, -0.1) is 0 Å². The van der Waals surface area contributed by atoms with Crippen LogP contribution >= 0.6 is 0 Å². The highest BCUT2D eigenvalue weighted by molar-refractivity contribution is 5.95. The van der Waals surface area contributed by atoms with Gasteiger partial charge in [-0.25, -0.2) is 22.9 Å². The Morgan fingerprint density at radius 2 is 1.91 bits per heavy atom. The molecule has 1 aromatic heterocycles. The third kappa shape index (κ3) is 2.93. The van der Waals surface area contributed by atoms with Crippen LogP contribution in [0.4, 0.5) is 13.2 Å². The fourth-order valence-corrected chi connectivity index (χ4v) is 1.73. The Balaban J connectivity index is 2.55. The normalized spacial score (nSPS) is 10.2. The number of hydrogen-bond donors (Lipinski definition) is 0. The van der Waals surface area contributed by atoms with Crippen molar-refractivity contribution in [1.82, 2.24) is 4.98 Å². The lowest BCUT2D eigenvalue weighted by Gasteiger charge is -2.12. The van der Waals surface area contributed by atoms with E-state index < -0.39 is 29.2 Å². The zero-order valence-electron chi connectivity index (χ0n) is 11.4. The SMILES string of the molecule is C=Cc1ccnc(Oc2c(F)cc(F)cc2F)c1C(=O)OC. The minimum atomic E-state index is -1.26. The summed E-state index contributed by atoms with van der Waals surface area (Å²) in [5.74, 6) is -5.70. The Morgan fingerprint density at radius 3 is 2.45 bits per heavy atom. The number of nitrogens with zero attached hydrogens (tertiary/aromatic N) is 1. The smallest absolute Gasteiger partial charge is 0.344 e. The van der Waals surface area contributed by atoms with Gasteiger partial charge in [0.15, 0.2) is 11.6 Å². The first kappa shape index (κ1) is 15.6. The van der Waals surface area contributed by atoms with Crippen LogP contribution in [-0.4, -0.2) is 18.1 Å². The molecule has 0 radical (unpaired) electrons. The second kappa shape index (κ2) is 6.30. The van der Waals surface area contributed by atoms with Gasteiger partial charge in [-0.2, -0.15) is 0 Å².